The van der Waals surface area contributed by atoms with E-state index in [9.17, 15) is 8.78 Å². The van der Waals surface area contributed by atoms with Gasteiger partial charge in [-0.25, -0.2) is 4.98 Å². The van der Waals surface area contributed by atoms with Crippen LogP contribution in [0.1, 0.15) is 0 Å². The molecule has 0 aliphatic heterocycles. The number of hydrogen-bond donors (Lipinski definition) is 2. The Balaban J connectivity index is 1.94. The van der Waals surface area contributed by atoms with Crippen LogP contribution >= 0.6 is 0 Å². The summed E-state index contributed by atoms with van der Waals surface area (Å²) >= 11 is 0. The number of nitrogens with one attached hydrogen (secondary N) is 1. The van der Waals surface area contributed by atoms with Gasteiger partial charge in [-0.15, -0.1) is 0 Å². The topological polar surface area (TPSA) is 63.9 Å². The van der Waals surface area contributed by atoms with E-state index >= 15 is 0 Å². The standard InChI is InChI=1S/C14H11F2N3O/c15-14(16)20-10-4-1-8(2-5-10)13-18-11-6-3-9(17)7-12(11)19-13/h1-7,14H,17H2,(H,18,19). The number of imidazole rings is 1. The summed E-state index contributed by atoms with van der Waals surface area (Å²) in [7, 11) is 0. The molecule has 0 aliphatic rings. The smallest absolute Gasteiger partial charge is 0.387 e. The van der Waals surface area contributed by atoms with Crippen molar-refractivity contribution in [2.24, 2.45) is 0 Å². The summed E-state index contributed by atoms with van der Waals surface area (Å²) in [5.41, 5.74) is 8.75. The monoisotopic (exact) mass is 275 g/mol. The number of fused-ring (bicyclic) bond motifs is 1. The third kappa shape index (κ3) is 2.40. The van der Waals surface area contributed by atoms with Crippen molar-refractivity contribution in [3.8, 4) is 17.1 Å². The van der Waals surface area contributed by atoms with E-state index in [1.165, 1.54) is 12.1 Å². The van der Waals surface area contributed by atoms with E-state index in [4.69, 9.17) is 5.73 Å². The summed E-state index contributed by atoms with van der Waals surface area (Å²) in [6, 6.07) is 11.7. The number of anilines is 1. The van der Waals surface area contributed by atoms with Gasteiger partial charge in [0.05, 0.1) is 11.0 Å². The van der Waals surface area contributed by atoms with Gasteiger partial charge >= 0.3 is 6.61 Å². The zero-order chi connectivity index (χ0) is 14.1. The van der Waals surface area contributed by atoms with Gasteiger partial charge in [0.2, 0.25) is 0 Å². The number of nitrogens with zero attached hydrogens (tertiary/aromatic N) is 1. The van der Waals surface area contributed by atoms with Gasteiger partial charge in [-0.1, -0.05) is 0 Å². The van der Waals surface area contributed by atoms with E-state index in [0.717, 1.165) is 16.6 Å². The van der Waals surface area contributed by atoms with Gasteiger partial charge < -0.3 is 15.5 Å². The number of nitrogens with two attached hydrogens (primary N) is 1. The predicted molar refractivity (Wildman–Crippen MR) is 72.6 cm³/mol. The average molecular weight is 275 g/mol. The molecular formula is C14H11F2N3O. The van der Waals surface area contributed by atoms with E-state index in [0.29, 0.717) is 11.5 Å². The van der Waals surface area contributed by atoms with Gasteiger partial charge in [0.1, 0.15) is 11.6 Å². The largest absolute Gasteiger partial charge is 0.435 e. The number of H-pyrrole nitrogens is 1. The Hall–Kier alpha value is -2.63. The molecule has 4 nitrogen and oxygen atoms in total. The molecule has 0 atom stereocenters. The molecule has 0 amide bonds. The first-order valence-corrected chi connectivity index (χ1v) is 5.92. The summed E-state index contributed by atoms with van der Waals surface area (Å²) < 4.78 is 28.4. The summed E-state index contributed by atoms with van der Waals surface area (Å²) in [6.07, 6.45) is 0. The maximum absolute atomic E-state index is 12.1. The molecule has 6 heteroatoms. The minimum absolute atomic E-state index is 0.115. The van der Waals surface area contributed by atoms with E-state index < -0.39 is 6.61 Å². The minimum Gasteiger partial charge on any atom is -0.435 e. The highest BCUT2D eigenvalue weighted by Crippen LogP contribution is 2.24. The van der Waals surface area contributed by atoms with Crippen molar-refractivity contribution in [3.63, 3.8) is 0 Å². The quantitative estimate of drug-likeness (QED) is 0.720. The molecule has 3 rings (SSSR count). The number of aromatic nitrogens is 2. The predicted octanol–water partition coefficient (Wildman–Crippen LogP) is 3.41. The van der Waals surface area contributed by atoms with Gasteiger partial charge in [0.25, 0.3) is 0 Å². The van der Waals surface area contributed by atoms with E-state index in [1.807, 2.05) is 6.07 Å². The maximum Gasteiger partial charge on any atom is 0.387 e. The fraction of sp³-hybridized carbons (Fsp3) is 0.0714. The molecule has 3 aromatic rings. The van der Waals surface area contributed by atoms with Crippen LogP contribution in [0.3, 0.4) is 0 Å². The van der Waals surface area contributed by atoms with Gasteiger partial charge in [-0.05, 0) is 42.5 Å². The van der Waals surface area contributed by atoms with Crippen molar-refractivity contribution in [2.45, 2.75) is 6.61 Å². The lowest BCUT2D eigenvalue weighted by Crippen LogP contribution is -2.01. The highest BCUT2D eigenvalue weighted by atomic mass is 19.3. The van der Waals surface area contributed by atoms with Crippen molar-refractivity contribution >= 4 is 16.7 Å². The molecule has 0 fully saturated rings. The molecule has 0 saturated heterocycles. The first-order valence-electron chi connectivity index (χ1n) is 5.92. The number of ether oxygens (including phenoxy) is 1. The molecule has 3 N–H and O–H groups in total. The average Bonchev–Trinajstić information content (AvgIpc) is 2.81. The fourth-order valence-corrected chi connectivity index (χ4v) is 1.96. The normalized spacial score (nSPS) is 11.2. The van der Waals surface area contributed by atoms with E-state index in [1.54, 1.807) is 24.3 Å². The number of benzene rings is 2. The maximum atomic E-state index is 12.1. The second-order valence-corrected chi connectivity index (χ2v) is 4.26. The number of alkyl halides is 2. The fourth-order valence-electron chi connectivity index (χ4n) is 1.96. The molecule has 0 saturated carbocycles. The van der Waals surface area contributed by atoms with Crippen molar-refractivity contribution in [2.75, 3.05) is 5.73 Å². The number of nitrogen functional groups attached to an aromatic ring is 1. The van der Waals surface area contributed by atoms with E-state index in [-0.39, 0.29) is 5.75 Å². The van der Waals surface area contributed by atoms with Crippen LogP contribution in [0.4, 0.5) is 14.5 Å². The zero-order valence-corrected chi connectivity index (χ0v) is 10.3. The Morgan fingerprint density at radius 2 is 1.85 bits per heavy atom. The number of aromatic amines is 1. The third-order valence-electron chi connectivity index (χ3n) is 2.86. The molecule has 0 spiro atoms. The van der Waals surface area contributed by atoms with Crippen LogP contribution in [0.5, 0.6) is 5.75 Å². The number of hydrogen-bond acceptors (Lipinski definition) is 3. The van der Waals surface area contributed by atoms with Gasteiger partial charge in [-0.2, -0.15) is 8.78 Å². The van der Waals surface area contributed by atoms with Crippen LogP contribution in [0.15, 0.2) is 42.5 Å². The molecule has 20 heavy (non-hydrogen) atoms. The van der Waals surface area contributed by atoms with Crippen molar-refractivity contribution in [3.05, 3.63) is 42.5 Å². The summed E-state index contributed by atoms with van der Waals surface area (Å²) in [6.45, 7) is -2.82. The van der Waals surface area contributed by atoms with Crippen LogP contribution in [-0.2, 0) is 0 Å². The Bertz CT molecular complexity index is 738. The minimum atomic E-state index is -2.82. The molecular weight excluding hydrogens is 264 g/mol. The number of rotatable bonds is 3. The van der Waals surface area contributed by atoms with Crippen LogP contribution < -0.4 is 10.5 Å². The third-order valence-corrected chi connectivity index (χ3v) is 2.86. The van der Waals surface area contributed by atoms with Gasteiger partial charge in [0.15, 0.2) is 0 Å². The molecule has 0 aliphatic carbocycles. The highest BCUT2D eigenvalue weighted by molar-refractivity contribution is 5.82. The Kier molecular flexibility index (Phi) is 2.98. The Morgan fingerprint density at radius 3 is 2.55 bits per heavy atom. The highest BCUT2D eigenvalue weighted by Gasteiger charge is 2.07. The summed E-state index contributed by atoms with van der Waals surface area (Å²) in [4.78, 5) is 7.55. The first-order chi connectivity index (χ1) is 9.61. The lowest BCUT2D eigenvalue weighted by atomic mass is 10.2. The zero-order valence-electron chi connectivity index (χ0n) is 10.3. The Morgan fingerprint density at radius 1 is 1.10 bits per heavy atom. The molecule has 1 heterocycles. The summed E-state index contributed by atoms with van der Waals surface area (Å²) in [5, 5.41) is 0. The molecule has 2 aromatic carbocycles. The van der Waals surface area contributed by atoms with Gasteiger partial charge in [-0.3, -0.25) is 0 Å². The van der Waals surface area contributed by atoms with Crippen LogP contribution in [0.2, 0.25) is 0 Å². The second-order valence-electron chi connectivity index (χ2n) is 4.26. The lowest BCUT2D eigenvalue weighted by molar-refractivity contribution is -0.0498. The molecule has 0 radical (unpaired) electrons. The van der Waals surface area contributed by atoms with Crippen LogP contribution in [-0.4, -0.2) is 16.6 Å². The lowest BCUT2D eigenvalue weighted by Gasteiger charge is -2.04. The summed E-state index contributed by atoms with van der Waals surface area (Å²) in [5.74, 6) is 0.762. The van der Waals surface area contributed by atoms with Crippen LogP contribution in [0.25, 0.3) is 22.4 Å². The van der Waals surface area contributed by atoms with Gasteiger partial charge in [0, 0.05) is 11.3 Å². The molecule has 0 bridgehead atoms. The molecule has 0 unspecified atom stereocenters. The Labute approximate surface area is 113 Å². The van der Waals surface area contributed by atoms with Crippen molar-refractivity contribution < 1.29 is 13.5 Å². The van der Waals surface area contributed by atoms with Crippen molar-refractivity contribution in [1.29, 1.82) is 0 Å². The molecule has 102 valence electrons. The first kappa shape index (κ1) is 12.4. The second kappa shape index (κ2) is 4.80. The number of halogens is 2. The van der Waals surface area contributed by atoms with E-state index in [2.05, 4.69) is 14.7 Å². The van der Waals surface area contributed by atoms with Crippen molar-refractivity contribution in [1.82, 2.24) is 9.97 Å². The SMILES string of the molecule is Nc1ccc2nc(-c3ccc(OC(F)F)cc3)[nH]c2c1. The van der Waals surface area contributed by atoms with Crippen LogP contribution in [0, 0.1) is 0 Å². The molecule has 1 aromatic heterocycles.